The molecular weight excluding hydrogens is 340 g/mol. The smallest absolute Gasteiger partial charge is 0.243 e. The van der Waals surface area contributed by atoms with E-state index in [9.17, 15) is 8.42 Å². The molecule has 25 heavy (non-hydrogen) atoms. The van der Waals surface area contributed by atoms with Crippen LogP contribution in [0, 0.1) is 0 Å². The Kier molecular flexibility index (Phi) is 6.03. The van der Waals surface area contributed by atoms with Gasteiger partial charge in [-0.25, -0.2) is 8.42 Å². The van der Waals surface area contributed by atoms with Crippen molar-refractivity contribution >= 4 is 20.8 Å². The summed E-state index contributed by atoms with van der Waals surface area (Å²) in [5, 5.41) is 10.7. The molecule has 0 atom stereocenters. The predicted molar refractivity (Wildman–Crippen MR) is 97.1 cm³/mol. The van der Waals surface area contributed by atoms with Crippen molar-refractivity contribution < 1.29 is 18.3 Å². The number of fused-ring (bicyclic) bond motifs is 1. The van der Waals surface area contributed by atoms with E-state index in [4.69, 9.17) is 9.84 Å². The first kappa shape index (κ1) is 18.3. The van der Waals surface area contributed by atoms with Crippen molar-refractivity contribution in [3.8, 4) is 0 Å². The fourth-order valence-corrected chi connectivity index (χ4v) is 4.49. The van der Waals surface area contributed by atoms with Gasteiger partial charge in [0.2, 0.25) is 10.0 Å². The number of sulfonamides is 1. The van der Waals surface area contributed by atoms with E-state index >= 15 is 0 Å². The summed E-state index contributed by atoms with van der Waals surface area (Å²) in [7, 11) is -3.46. The Hall–Kier alpha value is -1.51. The molecular formula is C18H24N2O4S. The first-order valence-corrected chi connectivity index (χ1v) is 9.95. The molecule has 1 fully saturated rings. The second-order valence-electron chi connectivity index (χ2n) is 6.09. The topological polar surface area (TPSA) is 70.1 Å². The summed E-state index contributed by atoms with van der Waals surface area (Å²) in [5.41, 5.74) is 0. The summed E-state index contributed by atoms with van der Waals surface area (Å²) < 4.78 is 32.6. The fourth-order valence-electron chi connectivity index (χ4n) is 3.03. The maximum atomic E-state index is 12.9. The molecule has 0 aromatic heterocycles. The summed E-state index contributed by atoms with van der Waals surface area (Å²) in [6.45, 7) is 4.02. The van der Waals surface area contributed by atoms with Crippen molar-refractivity contribution in [2.75, 3.05) is 52.5 Å². The van der Waals surface area contributed by atoms with Crippen LogP contribution in [0.2, 0.25) is 0 Å². The molecule has 0 spiro atoms. The maximum absolute atomic E-state index is 12.9. The Bertz CT molecular complexity index is 802. The van der Waals surface area contributed by atoms with Gasteiger partial charge in [0.1, 0.15) is 0 Å². The lowest BCUT2D eigenvalue weighted by Gasteiger charge is -2.33. The molecule has 2 aromatic rings. The third kappa shape index (κ3) is 4.37. The minimum Gasteiger partial charge on any atom is -0.394 e. The molecule has 0 aliphatic carbocycles. The quantitative estimate of drug-likeness (QED) is 0.747. The lowest BCUT2D eigenvalue weighted by atomic mass is 10.1. The Balaban J connectivity index is 1.63. The van der Waals surface area contributed by atoms with Gasteiger partial charge in [0.25, 0.3) is 0 Å². The van der Waals surface area contributed by atoms with Crippen LogP contribution in [0.15, 0.2) is 47.4 Å². The molecule has 1 heterocycles. The third-order valence-corrected chi connectivity index (χ3v) is 6.37. The van der Waals surface area contributed by atoms with Crippen LogP contribution in [-0.2, 0) is 14.8 Å². The first-order valence-electron chi connectivity index (χ1n) is 8.51. The first-order chi connectivity index (χ1) is 12.1. The van der Waals surface area contributed by atoms with Crippen molar-refractivity contribution in [1.82, 2.24) is 9.21 Å². The van der Waals surface area contributed by atoms with Crippen LogP contribution < -0.4 is 0 Å². The molecule has 1 saturated heterocycles. The summed E-state index contributed by atoms with van der Waals surface area (Å²) in [6, 6.07) is 13.1. The summed E-state index contributed by atoms with van der Waals surface area (Å²) in [6.07, 6.45) is 0. The number of benzene rings is 2. The van der Waals surface area contributed by atoms with E-state index in [1.54, 1.807) is 16.4 Å². The molecule has 6 nitrogen and oxygen atoms in total. The zero-order valence-corrected chi connectivity index (χ0v) is 15.0. The second kappa shape index (κ2) is 8.25. The van der Waals surface area contributed by atoms with E-state index in [2.05, 4.69) is 4.90 Å². The number of rotatable bonds is 7. The average molecular weight is 364 g/mol. The minimum atomic E-state index is -3.46. The van der Waals surface area contributed by atoms with Crippen LogP contribution in [0.1, 0.15) is 0 Å². The highest BCUT2D eigenvalue weighted by Crippen LogP contribution is 2.22. The Morgan fingerprint density at radius 3 is 2.40 bits per heavy atom. The van der Waals surface area contributed by atoms with Gasteiger partial charge >= 0.3 is 0 Å². The van der Waals surface area contributed by atoms with Crippen LogP contribution in [0.3, 0.4) is 0 Å². The highest BCUT2D eigenvalue weighted by molar-refractivity contribution is 7.89. The van der Waals surface area contributed by atoms with Crippen molar-refractivity contribution in [2.45, 2.75) is 4.90 Å². The highest BCUT2D eigenvalue weighted by Gasteiger charge is 2.28. The molecule has 1 N–H and O–H groups in total. The van der Waals surface area contributed by atoms with Crippen molar-refractivity contribution in [1.29, 1.82) is 0 Å². The van der Waals surface area contributed by atoms with E-state index in [-0.39, 0.29) is 6.61 Å². The van der Waals surface area contributed by atoms with Gasteiger partial charge in [-0.1, -0.05) is 30.3 Å². The average Bonchev–Trinajstić information content (AvgIpc) is 2.65. The minimum absolute atomic E-state index is 0.0256. The monoisotopic (exact) mass is 364 g/mol. The third-order valence-electron chi connectivity index (χ3n) is 4.48. The van der Waals surface area contributed by atoms with Crippen molar-refractivity contribution in [3.05, 3.63) is 42.5 Å². The number of nitrogens with zero attached hydrogens (tertiary/aromatic N) is 2. The van der Waals surface area contributed by atoms with Gasteiger partial charge in [-0.2, -0.15) is 4.31 Å². The Morgan fingerprint density at radius 1 is 0.960 bits per heavy atom. The number of aliphatic hydroxyl groups is 1. The van der Waals surface area contributed by atoms with Gasteiger partial charge < -0.3 is 9.84 Å². The number of aliphatic hydroxyl groups excluding tert-OH is 1. The van der Waals surface area contributed by atoms with E-state index in [0.717, 1.165) is 17.3 Å². The maximum Gasteiger partial charge on any atom is 0.243 e. The molecule has 0 saturated carbocycles. The molecule has 0 amide bonds. The fraction of sp³-hybridized carbons (Fsp3) is 0.444. The van der Waals surface area contributed by atoms with E-state index in [1.807, 2.05) is 30.3 Å². The second-order valence-corrected chi connectivity index (χ2v) is 8.03. The molecule has 0 radical (unpaired) electrons. The lowest BCUT2D eigenvalue weighted by molar-refractivity contribution is 0.0661. The number of hydrogen-bond donors (Lipinski definition) is 1. The molecule has 7 heteroatoms. The number of ether oxygens (including phenoxy) is 1. The largest absolute Gasteiger partial charge is 0.394 e. The van der Waals surface area contributed by atoms with Gasteiger partial charge in [0.05, 0.1) is 24.7 Å². The van der Waals surface area contributed by atoms with Gasteiger partial charge in [-0.3, -0.25) is 4.90 Å². The van der Waals surface area contributed by atoms with Crippen LogP contribution in [0.5, 0.6) is 0 Å². The zero-order valence-electron chi connectivity index (χ0n) is 14.2. The Morgan fingerprint density at radius 2 is 1.68 bits per heavy atom. The Labute approximate surface area is 148 Å². The standard InChI is InChI=1S/C18H24N2O4S/c21-12-14-24-13-11-19-7-9-20(10-8-19)25(22,23)18-6-5-16-3-1-2-4-17(16)15-18/h1-6,15,21H,7-14H2. The summed E-state index contributed by atoms with van der Waals surface area (Å²) >= 11 is 0. The van der Waals surface area contributed by atoms with Crippen molar-refractivity contribution in [2.24, 2.45) is 0 Å². The van der Waals surface area contributed by atoms with E-state index in [1.165, 1.54) is 0 Å². The number of piperazine rings is 1. The summed E-state index contributed by atoms with van der Waals surface area (Å²) in [4.78, 5) is 2.54. The normalized spacial score (nSPS) is 17.2. The predicted octanol–water partition coefficient (Wildman–Crippen LogP) is 1.15. The molecule has 136 valence electrons. The molecule has 1 aliphatic heterocycles. The van der Waals surface area contributed by atoms with Crippen LogP contribution in [-0.4, -0.2) is 75.3 Å². The number of hydrogen-bond acceptors (Lipinski definition) is 5. The van der Waals surface area contributed by atoms with Gasteiger partial charge in [-0.15, -0.1) is 0 Å². The lowest BCUT2D eigenvalue weighted by Crippen LogP contribution is -2.49. The van der Waals surface area contributed by atoms with Crippen LogP contribution in [0.25, 0.3) is 10.8 Å². The van der Waals surface area contributed by atoms with E-state index < -0.39 is 10.0 Å². The zero-order chi connectivity index (χ0) is 17.7. The van der Waals surface area contributed by atoms with Crippen LogP contribution in [0.4, 0.5) is 0 Å². The van der Waals surface area contributed by atoms with Gasteiger partial charge in [0.15, 0.2) is 0 Å². The summed E-state index contributed by atoms with van der Waals surface area (Å²) in [5.74, 6) is 0. The molecule has 1 aliphatic rings. The SMILES string of the molecule is O=S(=O)(c1ccc2ccccc2c1)N1CCN(CCOCCO)CC1. The van der Waals surface area contributed by atoms with Gasteiger partial charge in [-0.05, 0) is 22.9 Å². The molecule has 0 unspecified atom stereocenters. The molecule has 3 rings (SSSR count). The molecule has 2 aromatic carbocycles. The molecule has 0 bridgehead atoms. The van der Waals surface area contributed by atoms with Crippen molar-refractivity contribution in [3.63, 3.8) is 0 Å². The van der Waals surface area contributed by atoms with Crippen LogP contribution >= 0.6 is 0 Å². The van der Waals surface area contributed by atoms with Gasteiger partial charge in [0, 0.05) is 32.7 Å². The van der Waals surface area contributed by atoms with E-state index in [0.29, 0.717) is 44.3 Å². The highest BCUT2D eigenvalue weighted by atomic mass is 32.2.